The van der Waals surface area contributed by atoms with Crippen LogP contribution in [-0.2, 0) is 10.1 Å². The molecule has 0 aliphatic carbocycles. The van der Waals surface area contributed by atoms with Gasteiger partial charge in [-0.05, 0) is 25.7 Å². The Balaban J connectivity index is 0. The van der Waals surface area contributed by atoms with Gasteiger partial charge in [-0.3, -0.25) is 4.55 Å². The summed E-state index contributed by atoms with van der Waals surface area (Å²) in [4.78, 5) is 8.25. The molecule has 1 N–H and O–H groups in total. The summed E-state index contributed by atoms with van der Waals surface area (Å²) in [6, 6.07) is 0. The zero-order valence-electron chi connectivity index (χ0n) is 20.2. The molecule has 0 unspecified atom stereocenters. The second-order valence-electron chi connectivity index (χ2n) is 9.20. The Hall–Kier alpha value is -0.930. The fourth-order valence-electron chi connectivity index (χ4n) is 3.67. The van der Waals surface area contributed by atoms with Crippen LogP contribution in [0.4, 0.5) is 0 Å². The Labute approximate surface area is 190 Å². The van der Waals surface area contributed by atoms with Crippen LogP contribution < -0.4 is 0 Å². The van der Waals surface area contributed by atoms with Crippen LogP contribution in [0.15, 0.2) is 0 Å². The third kappa shape index (κ3) is 33.9. The van der Waals surface area contributed by atoms with Crippen molar-refractivity contribution in [3.8, 4) is 0 Å². The molecule has 0 aromatic carbocycles. The first-order valence-corrected chi connectivity index (χ1v) is 13.7. The predicted molar refractivity (Wildman–Crippen MR) is 128 cm³/mol. The minimum Gasteiger partial charge on any atom is -0.356 e. The molecule has 0 bridgehead atoms. The first-order valence-electron chi connectivity index (χ1n) is 12.1. The Morgan fingerprint density at radius 3 is 1.29 bits per heavy atom. The fourth-order valence-corrected chi connectivity index (χ4v) is 4.24. The minimum atomic E-state index is -3.79. The van der Waals surface area contributed by atoms with Gasteiger partial charge in [-0.2, -0.15) is 8.42 Å². The molecule has 9 heteroatoms. The molecule has 0 saturated carbocycles. The molecule has 0 aliphatic heterocycles. The highest BCUT2D eigenvalue weighted by molar-refractivity contribution is 7.85. The van der Waals surface area contributed by atoms with E-state index in [9.17, 15) is 8.42 Å². The summed E-state index contributed by atoms with van der Waals surface area (Å²) in [6.07, 6.45) is 20.8. The third-order valence-electron chi connectivity index (χ3n) is 5.53. The highest BCUT2D eigenvalue weighted by Crippen LogP contribution is 2.13. The van der Waals surface area contributed by atoms with Gasteiger partial charge in [0.1, 0.15) is 0 Å². The second kappa shape index (κ2) is 20.9. The standard InChI is InChI=1S/C22H47NO3S.NO3/c1-4-5-6-7-8-9-10-11-12-13-14-15-16-17-20-23(2,3)21-18-19-22-27(24,25)26;2-1(3)4/h4-22H2,1-3H3;/q;-1/p+1. The van der Waals surface area contributed by atoms with Gasteiger partial charge in [0.2, 0.25) is 0 Å². The quantitative estimate of drug-likeness (QED) is 0.0772. The maximum Gasteiger partial charge on any atom is 0.264 e. The first kappa shape index (κ1) is 32.3. The molecule has 8 nitrogen and oxygen atoms in total. The van der Waals surface area contributed by atoms with Gasteiger partial charge in [0.25, 0.3) is 10.1 Å². The molecule has 0 fully saturated rings. The van der Waals surface area contributed by atoms with E-state index in [0.29, 0.717) is 6.42 Å². The monoisotopic (exact) mass is 468 g/mol. The molecular formula is C22H48N2O6S. The van der Waals surface area contributed by atoms with Gasteiger partial charge in [0, 0.05) is 0 Å². The topological polar surface area (TPSA) is 121 Å². The molecule has 0 aromatic rings. The van der Waals surface area contributed by atoms with Gasteiger partial charge in [-0.1, -0.05) is 84.0 Å². The molecule has 0 saturated heterocycles. The van der Waals surface area contributed by atoms with Crippen molar-refractivity contribution >= 4 is 10.1 Å². The van der Waals surface area contributed by atoms with E-state index in [1.165, 1.54) is 89.9 Å². The Kier molecular flexibility index (Phi) is 21.8. The van der Waals surface area contributed by atoms with Gasteiger partial charge >= 0.3 is 0 Å². The van der Waals surface area contributed by atoms with Crippen molar-refractivity contribution in [3.63, 3.8) is 0 Å². The molecule has 0 amide bonds. The van der Waals surface area contributed by atoms with Crippen LogP contribution in [0, 0.1) is 15.3 Å². The van der Waals surface area contributed by atoms with Crippen molar-refractivity contribution in [1.29, 1.82) is 0 Å². The molecule has 0 heterocycles. The third-order valence-corrected chi connectivity index (χ3v) is 6.34. The summed E-state index contributed by atoms with van der Waals surface area (Å²) in [6.45, 7) is 4.41. The van der Waals surface area contributed by atoms with E-state index in [2.05, 4.69) is 21.0 Å². The van der Waals surface area contributed by atoms with Gasteiger partial charge in [0.15, 0.2) is 0 Å². The van der Waals surface area contributed by atoms with Crippen molar-refractivity contribution in [2.75, 3.05) is 32.9 Å². The van der Waals surface area contributed by atoms with E-state index in [1.807, 2.05) is 0 Å². The first-order chi connectivity index (χ1) is 14.5. The smallest absolute Gasteiger partial charge is 0.264 e. The Morgan fingerprint density at radius 2 is 0.968 bits per heavy atom. The number of rotatable bonds is 20. The summed E-state index contributed by atoms with van der Waals surface area (Å²) >= 11 is 0. The Morgan fingerprint density at radius 1 is 0.677 bits per heavy atom. The van der Waals surface area contributed by atoms with Crippen LogP contribution in [0.3, 0.4) is 0 Å². The van der Waals surface area contributed by atoms with E-state index in [1.54, 1.807) is 0 Å². The van der Waals surface area contributed by atoms with Crippen molar-refractivity contribution in [2.24, 2.45) is 0 Å². The van der Waals surface area contributed by atoms with Gasteiger partial charge in [0.05, 0.1) is 38.0 Å². The molecule has 0 spiro atoms. The second-order valence-corrected chi connectivity index (χ2v) is 10.8. The van der Waals surface area contributed by atoms with Crippen LogP contribution in [-0.4, -0.2) is 55.5 Å². The maximum atomic E-state index is 10.7. The fraction of sp³-hybridized carbons (Fsp3) is 1.00. The summed E-state index contributed by atoms with van der Waals surface area (Å²) in [5.41, 5.74) is 0. The average Bonchev–Trinajstić information content (AvgIpc) is 2.64. The molecule has 0 radical (unpaired) electrons. The molecule has 0 aliphatic rings. The van der Waals surface area contributed by atoms with Crippen LogP contribution >= 0.6 is 0 Å². The molecule has 0 rings (SSSR count). The van der Waals surface area contributed by atoms with Crippen molar-refractivity contribution in [3.05, 3.63) is 15.3 Å². The number of hydrogen-bond acceptors (Lipinski definition) is 5. The lowest BCUT2D eigenvalue weighted by atomic mass is 10.0. The molecule has 31 heavy (non-hydrogen) atoms. The van der Waals surface area contributed by atoms with Crippen molar-refractivity contribution in [1.82, 2.24) is 0 Å². The van der Waals surface area contributed by atoms with E-state index < -0.39 is 15.2 Å². The average molecular weight is 469 g/mol. The summed E-state index contributed by atoms with van der Waals surface area (Å²) in [7, 11) is 0.645. The van der Waals surface area contributed by atoms with Gasteiger partial charge in [-0.15, -0.1) is 0 Å². The van der Waals surface area contributed by atoms with Gasteiger partial charge < -0.3 is 19.8 Å². The summed E-state index contributed by atoms with van der Waals surface area (Å²) < 4.78 is 31.2. The minimum absolute atomic E-state index is 0.105. The van der Waals surface area contributed by atoms with Crippen LogP contribution in [0.5, 0.6) is 0 Å². The molecule has 0 aromatic heterocycles. The molecule has 188 valence electrons. The molecule has 0 atom stereocenters. The number of unbranched alkanes of at least 4 members (excludes halogenated alkanes) is 14. The Bertz CT molecular complexity index is 508. The summed E-state index contributed by atoms with van der Waals surface area (Å²) in [5, 5.41) is 14.8. The van der Waals surface area contributed by atoms with E-state index >= 15 is 0 Å². The van der Waals surface area contributed by atoms with Crippen LogP contribution in [0.1, 0.15) is 110 Å². The SMILES string of the molecule is CCCCCCCCCCCCCCCC[N+](C)(C)CCCCS(=O)(=O)O.O=[N+]([O-])[O-]. The lowest BCUT2D eigenvalue weighted by Gasteiger charge is -2.29. The highest BCUT2D eigenvalue weighted by atomic mass is 32.2. The lowest BCUT2D eigenvalue weighted by molar-refractivity contribution is -0.890. The van der Waals surface area contributed by atoms with Crippen molar-refractivity contribution in [2.45, 2.75) is 110 Å². The number of nitrogens with zero attached hydrogens (tertiary/aromatic N) is 2. The van der Waals surface area contributed by atoms with E-state index in [-0.39, 0.29) is 5.75 Å². The predicted octanol–water partition coefficient (Wildman–Crippen LogP) is 5.97. The largest absolute Gasteiger partial charge is 0.356 e. The zero-order chi connectivity index (χ0) is 24.0. The zero-order valence-corrected chi connectivity index (χ0v) is 21.0. The van der Waals surface area contributed by atoms with E-state index in [0.717, 1.165) is 24.0 Å². The van der Waals surface area contributed by atoms with Crippen molar-refractivity contribution < 1.29 is 22.5 Å². The normalized spacial score (nSPS) is 11.7. The summed E-state index contributed by atoms with van der Waals surface area (Å²) in [5.74, 6) is -0.105. The van der Waals surface area contributed by atoms with Crippen LogP contribution in [0.2, 0.25) is 0 Å². The van der Waals surface area contributed by atoms with Crippen LogP contribution in [0.25, 0.3) is 0 Å². The number of quaternary nitrogens is 1. The lowest BCUT2D eigenvalue weighted by Crippen LogP contribution is -2.41. The number of hydrogen-bond donors (Lipinski definition) is 1. The highest BCUT2D eigenvalue weighted by Gasteiger charge is 2.14. The maximum absolute atomic E-state index is 10.7. The van der Waals surface area contributed by atoms with E-state index in [4.69, 9.17) is 19.9 Å². The molecular weight excluding hydrogens is 420 g/mol. The van der Waals surface area contributed by atoms with Gasteiger partial charge in [-0.25, -0.2) is 0 Å².